The quantitative estimate of drug-likeness (QED) is 0.534. The number of aryl methyl sites for hydroxylation is 3. The number of nitrogens with zero attached hydrogens (tertiary/aromatic N) is 2. The SMILES string of the molecule is CCCC(CO)Nc1nc(N)ncc1CCCCc1ccc(CC)cc1. The van der Waals surface area contributed by atoms with Crippen molar-refractivity contribution >= 4 is 11.8 Å². The molecule has 26 heavy (non-hydrogen) atoms. The van der Waals surface area contributed by atoms with E-state index < -0.39 is 0 Å². The van der Waals surface area contributed by atoms with Gasteiger partial charge in [0.1, 0.15) is 5.82 Å². The average molecular weight is 357 g/mol. The van der Waals surface area contributed by atoms with Gasteiger partial charge in [0.15, 0.2) is 0 Å². The van der Waals surface area contributed by atoms with Gasteiger partial charge >= 0.3 is 0 Å². The van der Waals surface area contributed by atoms with Crippen LogP contribution in [0.3, 0.4) is 0 Å². The fourth-order valence-corrected chi connectivity index (χ4v) is 3.07. The van der Waals surface area contributed by atoms with Gasteiger partial charge in [-0.3, -0.25) is 0 Å². The lowest BCUT2D eigenvalue weighted by atomic mass is 10.0. The molecule has 1 heterocycles. The molecular formula is C21H32N4O. The lowest BCUT2D eigenvalue weighted by molar-refractivity contribution is 0.268. The minimum atomic E-state index is 0.00475. The summed E-state index contributed by atoms with van der Waals surface area (Å²) in [5.41, 5.74) is 9.58. The van der Waals surface area contributed by atoms with Gasteiger partial charge in [-0.25, -0.2) is 4.98 Å². The van der Waals surface area contributed by atoms with Crippen LogP contribution in [0.25, 0.3) is 0 Å². The monoisotopic (exact) mass is 356 g/mol. The van der Waals surface area contributed by atoms with E-state index in [9.17, 15) is 5.11 Å². The fraction of sp³-hybridized carbons (Fsp3) is 0.524. The van der Waals surface area contributed by atoms with E-state index in [0.29, 0.717) is 0 Å². The third-order valence-corrected chi connectivity index (χ3v) is 4.67. The molecular weight excluding hydrogens is 324 g/mol. The Balaban J connectivity index is 1.89. The number of aliphatic hydroxyl groups is 1. The van der Waals surface area contributed by atoms with Crippen LogP contribution >= 0.6 is 0 Å². The van der Waals surface area contributed by atoms with Gasteiger partial charge in [-0.2, -0.15) is 4.98 Å². The van der Waals surface area contributed by atoms with E-state index in [2.05, 4.69) is 53.4 Å². The molecule has 5 nitrogen and oxygen atoms in total. The highest BCUT2D eigenvalue weighted by Gasteiger charge is 2.11. The second-order valence-electron chi connectivity index (χ2n) is 6.79. The molecule has 0 bridgehead atoms. The first-order valence-electron chi connectivity index (χ1n) is 9.72. The molecule has 0 saturated carbocycles. The smallest absolute Gasteiger partial charge is 0.221 e. The summed E-state index contributed by atoms with van der Waals surface area (Å²) in [5, 5.41) is 12.8. The number of rotatable bonds is 11. The Bertz CT molecular complexity index is 658. The minimum Gasteiger partial charge on any atom is -0.394 e. The summed E-state index contributed by atoms with van der Waals surface area (Å²) in [4.78, 5) is 8.48. The molecule has 0 aliphatic heterocycles. The maximum atomic E-state index is 9.52. The summed E-state index contributed by atoms with van der Waals surface area (Å²) in [7, 11) is 0. The number of unbranched alkanes of at least 4 members (excludes halogenated alkanes) is 1. The van der Waals surface area contributed by atoms with Crippen molar-refractivity contribution in [1.82, 2.24) is 9.97 Å². The Hall–Kier alpha value is -2.14. The first-order valence-corrected chi connectivity index (χ1v) is 9.72. The van der Waals surface area contributed by atoms with Gasteiger partial charge in [0.05, 0.1) is 12.6 Å². The maximum Gasteiger partial charge on any atom is 0.221 e. The highest BCUT2D eigenvalue weighted by Crippen LogP contribution is 2.18. The summed E-state index contributed by atoms with van der Waals surface area (Å²) in [6, 6.07) is 8.90. The number of nitrogen functional groups attached to an aromatic ring is 1. The third kappa shape index (κ3) is 6.30. The molecule has 4 N–H and O–H groups in total. The van der Waals surface area contributed by atoms with E-state index in [4.69, 9.17) is 5.73 Å². The van der Waals surface area contributed by atoms with E-state index in [1.807, 2.05) is 0 Å². The van der Waals surface area contributed by atoms with Crippen LogP contribution < -0.4 is 11.1 Å². The molecule has 0 amide bonds. The normalized spacial score (nSPS) is 12.1. The largest absolute Gasteiger partial charge is 0.394 e. The van der Waals surface area contributed by atoms with Crippen LogP contribution in [0.1, 0.15) is 56.2 Å². The number of anilines is 2. The fourth-order valence-electron chi connectivity index (χ4n) is 3.07. The maximum absolute atomic E-state index is 9.52. The lowest BCUT2D eigenvalue weighted by Crippen LogP contribution is -2.25. The van der Waals surface area contributed by atoms with Crippen molar-refractivity contribution in [2.75, 3.05) is 17.7 Å². The molecule has 2 rings (SSSR count). The van der Waals surface area contributed by atoms with Crippen LogP contribution in [-0.2, 0) is 19.3 Å². The molecule has 1 aromatic heterocycles. The molecule has 1 unspecified atom stereocenters. The Morgan fingerprint density at radius 2 is 1.77 bits per heavy atom. The van der Waals surface area contributed by atoms with Crippen LogP contribution in [0.5, 0.6) is 0 Å². The van der Waals surface area contributed by atoms with E-state index >= 15 is 0 Å². The second kappa shape index (κ2) is 10.8. The number of aliphatic hydroxyl groups excluding tert-OH is 1. The van der Waals surface area contributed by atoms with Crippen molar-refractivity contribution < 1.29 is 5.11 Å². The van der Waals surface area contributed by atoms with Crippen LogP contribution in [0.15, 0.2) is 30.5 Å². The number of hydrogen-bond acceptors (Lipinski definition) is 5. The molecule has 0 radical (unpaired) electrons. The zero-order valence-corrected chi connectivity index (χ0v) is 16.0. The first kappa shape index (κ1) is 20.2. The molecule has 2 aromatic rings. The first-order chi connectivity index (χ1) is 12.7. The number of hydrogen-bond donors (Lipinski definition) is 3. The van der Waals surface area contributed by atoms with Crippen molar-refractivity contribution in [1.29, 1.82) is 0 Å². The van der Waals surface area contributed by atoms with Gasteiger partial charge in [-0.05, 0) is 49.7 Å². The van der Waals surface area contributed by atoms with E-state index in [1.54, 1.807) is 6.20 Å². The van der Waals surface area contributed by atoms with Crippen LogP contribution in [-0.4, -0.2) is 27.7 Å². The molecule has 0 aliphatic rings. The van der Waals surface area contributed by atoms with Gasteiger partial charge in [0.25, 0.3) is 0 Å². The van der Waals surface area contributed by atoms with E-state index in [0.717, 1.165) is 56.3 Å². The Morgan fingerprint density at radius 3 is 2.42 bits per heavy atom. The van der Waals surface area contributed by atoms with Crippen molar-refractivity contribution in [3.05, 3.63) is 47.2 Å². The molecule has 0 fully saturated rings. The van der Waals surface area contributed by atoms with Crippen molar-refractivity contribution in [3.8, 4) is 0 Å². The summed E-state index contributed by atoms with van der Waals surface area (Å²) in [6.07, 6.45) is 8.96. The zero-order valence-electron chi connectivity index (χ0n) is 16.0. The summed E-state index contributed by atoms with van der Waals surface area (Å²) >= 11 is 0. The lowest BCUT2D eigenvalue weighted by Gasteiger charge is -2.18. The Labute approximate surface area is 157 Å². The number of benzene rings is 1. The van der Waals surface area contributed by atoms with Crippen LogP contribution in [0, 0.1) is 0 Å². The summed E-state index contributed by atoms with van der Waals surface area (Å²) in [5.74, 6) is 1.03. The molecule has 0 saturated heterocycles. The topological polar surface area (TPSA) is 84.1 Å². The number of aromatic nitrogens is 2. The highest BCUT2D eigenvalue weighted by atomic mass is 16.3. The summed E-state index contributed by atoms with van der Waals surface area (Å²) < 4.78 is 0. The Kier molecular flexibility index (Phi) is 8.35. The van der Waals surface area contributed by atoms with Gasteiger partial charge in [-0.15, -0.1) is 0 Å². The van der Waals surface area contributed by atoms with Gasteiger partial charge in [0, 0.05) is 11.8 Å². The van der Waals surface area contributed by atoms with Gasteiger partial charge < -0.3 is 16.2 Å². The zero-order chi connectivity index (χ0) is 18.8. The molecule has 5 heteroatoms. The third-order valence-electron chi connectivity index (χ3n) is 4.67. The highest BCUT2D eigenvalue weighted by molar-refractivity contribution is 5.47. The molecule has 0 aliphatic carbocycles. The average Bonchev–Trinajstić information content (AvgIpc) is 2.66. The van der Waals surface area contributed by atoms with Crippen molar-refractivity contribution in [2.45, 2.75) is 64.8 Å². The van der Waals surface area contributed by atoms with Crippen molar-refractivity contribution in [2.24, 2.45) is 0 Å². The minimum absolute atomic E-state index is 0.00475. The number of nitrogens with one attached hydrogen (secondary N) is 1. The molecule has 142 valence electrons. The Morgan fingerprint density at radius 1 is 1.08 bits per heavy atom. The number of nitrogens with two attached hydrogens (primary N) is 1. The van der Waals surface area contributed by atoms with Gasteiger partial charge in [-0.1, -0.05) is 44.5 Å². The molecule has 1 atom stereocenters. The predicted molar refractivity (Wildman–Crippen MR) is 108 cm³/mol. The van der Waals surface area contributed by atoms with Gasteiger partial charge in [0.2, 0.25) is 5.95 Å². The van der Waals surface area contributed by atoms with E-state index in [1.165, 1.54) is 11.1 Å². The van der Waals surface area contributed by atoms with Crippen LogP contribution in [0.4, 0.5) is 11.8 Å². The molecule has 0 spiro atoms. The predicted octanol–water partition coefficient (Wildman–Crippen LogP) is 3.76. The van der Waals surface area contributed by atoms with Crippen molar-refractivity contribution in [3.63, 3.8) is 0 Å². The summed E-state index contributed by atoms with van der Waals surface area (Å²) in [6.45, 7) is 4.37. The van der Waals surface area contributed by atoms with E-state index in [-0.39, 0.29) is 18.6 Å². The standard InChI is InChI=1S/C21H32N4O/c1-3-7-19(15-26)24-20-18(14-23-21(22)25-20)9-6-5-8-17-12-10-16(4-2)11-13-17/h10-14,19,26H,3-9,15H2,1-2H3,(H3,22,23,24,25). The molecule has 1 aromatic carbocycles. The second-order valence-corrected chi connectivity index (χ2v) is 6.79. The van der Waals surface area contributed by atoms with Crippen LogP contribution in [0.2, 0.25) is 0 Å².